The van der Waals surface area contributed by atoms with Crippen LogP contribution in [-0.4, -0.2) is 30.8 Å². The maximum absolute atomic E-state index is 12.6. The molecule has 25 heavy (non-hydrogen) atoms. The Hall–Kier alpha value is -1.88. The summed E-state index contributed by atoms with van der Waals surface area (Å²) in [5, 5.41) is 0. The zero-order chi connectivity index (χ0) is 17.8. The van der Waals surface area contributed by atoms with Crippen LogP contribution >= 0.6 is 0 Å². The van der Waals surface area contributed by atoms with E-state index in [9.17, 15) is 9.59 Å². The molecule has 5 unspecified atom stereocenters. The molecule has 0 amide bonds. The van der Waals surface area contributed by atoms with Gasteiger partial charge in [-0.2, -0.15) is 0 Å². The van der Waals surface area contributed by atoms with Crippen LogP contribution in [0.3, 0.4) is 0 Å². The second-order valence-corrected chi connectivity index (χ2v) is 6.98. The Balaban J connectivity index is 1.63. The molecular weight excluding hydrogens is 320 g/mol. The molecule has 1 aromatic rings. The molecule has 1 aliphatic heterocycles. The Morgan fingerprint density at radius 2 is 1.92 bits per heavy atom. The SMILES string of the molecule is CCCCOC(=O)C1C(C(=O)OCc2ccccc2)CC2OC2C1C. The molecule has 1 saturated heterocycles. The normalized spacial score (nSPS) is 30.2. The predicted octanol–water partition coefficient (Wildman–Crippen LogP) is 3.11. The fraction of sp³-hybridized carbons (Fsp3) is 0.600. The summed E-state index contributed by atoms with van der Waals surface area (Å²) in [6.07, 6.45) is 2.48. The van der Waals surface area contributed by atoms with E-state index in [1.165, 1.54) is 0 Å². The molecule has 0 N–H and O–H groups in total. The van der Waals surface area contributed by atoms with Crippen LogP contribution in [0.2, 0.25) is 0 Å². The number of ether oxygens (including phenoxy) is 3. The van der Waals surface area contributed by atoms with E-state index in [0.29, 0.717) is 13.0 Å². The summed E-state index contributed by atoms with van der Waals surface area (Å²) < 4.78 is 16.5. The van der Waals surface area contributed by atoms with Crippen molar-refractivity contribution in [3.05, 3.63) is 35.9 Å². The number of esters is 2. The summed E-state index contributed by atoms with van der Waals surface area (Å²) in [4.78, 5) is 25.2. The smallest absolute Gasteiger partial charge is 0.310 e. The van der Waals surface area contributed by atoms with Crippen molar-refractivity contribution >= 4 is 11.9 Å². The highest BCUT2D eigenvalue weighted by atomic mass is 16.6. The highest BCUT2D eigenvalue weighted by Crippen LogP contribution is 2.47. The van der Waals surface area contributed by atoms with Gasteiger partial charge in [0.25, 0.3) is 0 Å². The fourth-order valence-electron chi connectivity index (χ4n) is 3.65. The predicted molar refractivity (Wildman–Crippen MR) is 91.5 cm³/mol. The Morgan fingerprint density at radius 1 is 1.16 bits per heavy atom. The van der Waals surface area contributed by atoms with Crippen LogP contribution in [0, 0.1) is 17.8 Å². The molecule has 136 valence electrons. The molecule has 0 aromatic heterocycles. The highest BCUT2D eigenvalue weighted by Gasteiger charge is 2.58. The van der Waals surface area contributed by atoms with Gasteiger partial charge in [0.2, 0.25) is 0 Å². The minimum atomic E-state index is -0.489. The minimum absolute atomic E-state index is 0.0258. The lowest BCUT2D eigenvalue weighted by molar-refractivity contribution is -0.165. The third-order valence-electron chi connectivity index (χ3n) is 5.17. The van der Waals surface area contributed by atoms with Gasteiger partial charge in [0, 0.05) is 0 Å². The molecule has 1 aliphatic carbocycles. The summed E-state index contributed by atoms with van der Waals surface area (Å²) in [6.45, 7) is 4.63. The van der Waals surface area contributed by atoms with E-state index in [1.54, 1.807) is 0 Å². The first-order chi connectivity index (χ1) is 12.1. The van der Waals surface area contributed by atoms with Crippen LogP contribution in [0.25, 0.3) is 0 Å². The lowest BCUT2D eigenvalue weighted by Crippen LogP contribution is -2.42. The lowest BCUT2D eigenvalue weighted by atomic mass is 9.72. The Morgan fingerprint density at radius 3 is 2.64 bits per heavy atom. The number of carbonyl (C=O) groups is 2. The Bertz CT molecular complexity index is 599. The highest BCUT2D eigenvalue weighted by molar-refractivity contribution is 5.83. The van der Waals surface area contributed by atoms with Crippen LogP contribution in [0.5, 0.6) is 0 Å². The van der Waals surface area contributed by atoms with E-state index >= 15 is 0 Å². The first kappa shape index (κ1) is 17.9. The zero-order valence-electron chi connectivity index (χ0n) is 14.9. The molecule has 0 spiro atoms. The van der Waals surface area contributed by atoms with Crippen LogP contribution in [-0.2, 0) is 30.4 Å². The monoisotopic (exact) mass is 346 g/mol. The van der Waals surface area contributed by atoms with Crippen molar-refractivity contribution in [2.24, 2.45) is 17.8 Å². The zero-order valence-corrected chi connectivity index (χ0v) is 14.9. The van der Waals surface area contributed by atoms with Crippen LogP contribution in [0.4, 0.5) is 0 Å². The summed E-state index contributed by atoms with van der Waals surface area (Å²) >= 11 is 0. The van der Waals surface area contributed by atoms with Gasteiger partial charge in [0.15, 0.2) is 0 Å². The minimum Gasteiger partial charge on any atom is -0.465 e. The number of hydrogen-bond acceptors (Lipinski definition) is 5. The summed E-state index contributed by atoms with van der Waals surface area (Å²) in [5.74, 6) is -1.62. The van der Waals surface area contributed by atoms with Gasteiger partial charge in [0.05, 0.1) is 30.7 Å². The van der Waals surface area contributed by atoms with Crippen molar-refractivity contribution in [3.8, 4) is 0 Å². The maximum atomic E-state index is 12.6. The van der Waals surface area contributed by atoms with Crippen molar-refractivity contribution in [1.82, 2.24) is 0 Å². The molecule has 5 heteroatoms. The summed E-state index contributed by atoms with van der Waals surface area (Å²) in [5.41, 5.74) is 0.933. The number of benzene rings is 1. The van der Waals surface area contributed by atoms with Crippen molar-refractivity contribution in [2.75, 3.05) is 6.61 Å². The Labute approximate surface area is 148 Å². The number of rotatable bonds is 7. The van der Waals surface area contributed by atoms with Crippen molar-refractivity contribution in [2.45, 2.75) is 51.9 Å². The number of carbonyl (C=O) groups excluding carboxylic acids is 2. The van der Waals surface area contributed by atoms with E-state index < -0.39 is 11.8 Å². The molecule has 5 nitrogen and oxygen atoms in total. The van der Waals surface area contributed by atoms with Crippen molar-refractivity contribution < 1.29 is 23.8 Å². The lowest BCUT2D eigenvalue weighted by Gasteiger charge is -2.31. The first-order valence-electron chi connectivity index (χ1n) is 9.14. The summed E-state index contributed by atoms with van der Waals surface area (Å²) in [7, 11) is 0. The van der Waals surface area contributed by atoms with Crippen LogP contribution < -0.4 is 0 Å². The number of unbranched alkanes of at least 4 members (excludes halogenated alkanes) is 1. The first-order valence-corrected chi connectivity index (χ1v) is 9.14. The largest absolute Gasteiger partial charge is 0.465 e. The maximum Gasteiger partial charge on any atom is 0.310 e. The van der Waals surface area contributed by atoms with Gasteiger partial charge in [-0.15, -0.1) is 0 Å². The van der Waals surface area contributed by atoms with Gasteiger partial charge < -0.3 is 14.2 Å². The second-order valence-electron chi connectivity index (χ2n) is 6.98. The topological polar surface area (TPSA) is 65.1 Å². The second kappa shape index (κ2) is 8.00. The molecule has 0 bridgehead atoms. The van der Waals surface area contributed by atoms with Crippen LogP contribution in [0.1, 0.15) is 38.7 Å². The van der Waals surface area contributed by atoms with E-state index in [1.807, 2.05) is 44.2 Å². The Kier molecular flexibility index (Phi) is 5.74. The van der Waals surface area contributed by atoms with Gasteiger partial charge in [-0.05, 0) is 24.3 Å². The van der Waals surface area contributed by atoms with E-state index in [0.717, 1.165) is 18.4 Å². The number of epoxide rings is 1. The molecule has 1 aromatic carbocycles. The van der Waals surface area contributed by atoms with E-state index in [4.69, 9.17) is 14.2 Å². The molecule has 1 heterocycles. The molecule has 2 fully saturated rings. The quantitative estimate of drug-likeness (QED) is 0.431. The average Bonchev–Trinajstić information content (AvgIpc) is 3.40. The van der Waals surface area contributed by atoms with Crippen molar-refractivity contribution in [3.63, 3.8) is 0 Å². The number of fused-ring (bicyclic) bond motifs is 1. The molecular formula is C20H26O5. The standard InChI is InChI=1S/C20H26O5/c1-3-4-10-23-20(22)17-13(2)18-16(25-18)11-15(17)19(21)24-12-14-8-6-5-7-9-14/h5-9,13,15-18H,3-4,10-12H2,1-2H3. The molecule has 2 aliphatic rings. The molecule has 5 atom stereocenters. The summed E-state index contributed by atoms with van der Waals surface area (Å²) in [6, 6.07) is 9.55. The third-order valence-corrected chi connectivity index (χ3v) is 5.17. The van der Waals surface area contributed by atoms with Gasteiger partial charge in [-0.3, -0.25) is 9.59 Å². The van der Waals surface area contributed by atoms with Gasteiger partial charge >= 0.3 is 11.9 Å². The van der Waals surface area contributed by atoms with Crippen LogP contribution in [0.15, 0.2) is 30.3 Å². The number of hydrogen-bond donors (Lipinski definition) is 0. The van der Waals surface area contributed by atoms with E-state index in [-0.39, 0.29) is 36.7 Å². The average molecular weight is 346 g/mol. The molecule has 1 saturated carbocycles. The van der Waals surface area contributed by atoms with Gasteiger partial charge in [-0.25, -0.2) is 0 Å². The molecule has 3 rings (SSSR count). The van der Waals surface area contributed by atoms with Crippen molar-refractivity contribution in [1.29, 1.82) is 0 Å². The van der Waals surface area contributed by atoms with Gasteiger partial charge in [0.1, 0.15) is 6.61 Å². The van der Waals surface area contributed by atoms with Gasteiger partial charge in [-0.1, -0.05) is 50.6 Å². The molecule has 0 radical (unpaired) electrons. The van der Waals surface area contributed by atoms with E-state index in [2.05, 4.69) is 0 Å². The third kappa shape index (κ3) is 4.21. The fourth-order valence-corrected chi connectivity index (χ4v) is 3.65.